The average Bonchev–Trinajstić information content (AvgIpc) is 3.23. The van der Waals surface area contributed by atoms with Crippen molar-refractivity contribution in [2.45, 2.75) is 30.8 Å². The van der Waals surface area contributed by atoms with E-state index in [2.05, 4.69) is 10.3 Å². The van der Waals surface area contributed by atoms with Gasteiger partial charge in [0.1, 0.15) is 23.1 Å². The average molecular weight is 455 g/mol. The minimum Gasteiger partial charge on any atom is -0.486 e. The van der Waals surface area contributed by atoms with Crippen LogP contribution in [-0.2, 0) is 23.7 Å². The van der Waals surface area contributed by atoms with Gasteiger partial charge in [-0.15, -0.1) is 0 Å². The van der Waals surface area contributed by atoms with Gasteiger partial charge in [-0.05, 0) is 49.2 Å². The first-order chi connectivity index (χ1) is 15.4. The van der Waals surface area contributed by atoms with Gasteiger partial charge in [-0.2, -0.15) is 4.31 Å². The van der Waals surface area contributed by atoms with Crippen molar-refractivity contribution in [2.75, 3.05) is 18.4 Å². The lowest BCUT2D eigenvalue weighted by molar-refractivity contribution is 0.102. The van der Waals surface area contributed by atoms with E-state index in [1.54, 1.807) is 48.7 Å². The van der Waals surface area contributed by atoms with Crippen LogP contribution in [0.25, 0.3) is 0 Å². The minimum atomic E-state index is -3.67. The van der Waals surface area contributed by atoms with Crippen LogP contribution >= 0.6 is 0 Å². The smallest absolute Gasteiger partial charge is 0.255 e. The maximum atomic E-state index is 13.1. The first-order valence-corrected chi connectivity index (χ1v) is 12.0. The van der Waals surface area contributed by atoms with Crippen LogP contribution in [-0.4, -0.2) is 41.3 Å². The van der Waals surface area contributed by atoms with Crippen molar-refractivity contribution in [3.63, 3.8) is 0 Å². The van der Waals surface area contributed by atoms with Gasteiger partial charge in [-0.1, -0.05) is 18.6 Å². The quantitative estimate of drug-likeness (QED) is 0.590. The molecular weight excluding hydrogens is 428 g/mol. The molecule has 0 bridgehead atoms. The number of rotatable bonds is 7. The highest BCUT2D eigenvalue weighted by atomic mass is 32.2. The van der Waals surface area contributed by atoms with Crippen LogP contribution in [0.1, 0.15) is 35.4 Å². The Morgan fingerprint density at radius 3 is 2.47 bits per heavy atom. The highest BCUT2D eigenvalue weighted by Gasteiger charge is 2.28. The van der Waals surface area contributed by atoms with Crippen LogP contribution in [0.2, 0.25) is 0 Å². The number of aromatic nitrogens is 2. The zero-order valence-corrected chi connectivity index (χ0v) is 18.7. The van der Waals surface area contributed by atoms with E-state index in [0.717, 1.165) is 25.1 Å². The Labute approximate surface area is 187 Å². The van der Waals surface area contributed by atoms with Gasteiger partial charge in [0.05, 0.1) is 5.69 Å². The number of piperidine rings is 1. The number of aryl methyl sites for hydroxylation is 1. The molecule has 1 saturated heterocycles. The first kappa shape index (κ1) is 22.0. The summed E-state index contributed by atoms with van der Waals surface area (Å²) in [5.41, 5.74) is 0.678. The number of benzene rings is 2. The Kier molecular flexibility index (Phi) is 6.57. The van der Waals surface area contributed by atoms with Crippen molar-refractivity contribution in [1.82, 2.24) is 13.9 Å². The molecule has 1 aliphatic heterocycles. The van der Waals surface area contributed by atoms with E-state index in [9.17, 15) is 13.2 Å². The molecule has 1 aromatic heterocycles. The van der Waals surface area contributed by atoms with Crippen LogP contribution in [0.3, 0.4) is 0 Å². The van der Waals surface area contributed by atoms with Crippen molar-refractivity contribution < 1.29 is 17.9 Å². The summed E-state index contributed by atoms with van der Waals surface area (Å²) in [6.07, 6.45) is 6.28. The third-order valence-electron chi connectivity index (χ3n) is 5.47. The van der Waals surface area contributed by atoms with E-state index in [0.29, 0.717) is 31.0 Å². The summed E-state index contributed by atoms with van der Waals surface area (Å²) in [5, 5.41) is 2.75. The number of carbonyl (C=O) groups excluding carboxylic acids is 1. The summed E-state index contributed by atoms with van der Waals surface area (Å²) < 4.78 is 35.3. The van der Waals surface area contributed by atoms with Crippen molar-refractivity contribution in [3.8, 4) is 5.75 Å². The van der Waals surface area contributed by atoms with Crippen molar-refractivity contribution in [3.05, 3.63) is 72.3 Å². The summed E-state index contributed by atoms with van der Waals surface area (Å²) in [4.78, 5) is 17.1. The number of sulfonamides is 1. The van der Waals surface area contributed by atoms with Crippen LogP contribution < -0.4 is 10.1 Å². The van der Waals surface area contributed by atoms with Crippen LogP contribution in [0.4, 0.5) is 5.69 Å². The maximum absolute atomic E-state index is 13.1. The number of hydrogen-bond donors (Lipinski definition) is 1. The molecule has 0 spiro atoms. The standard InChI is InChI=1S/C23H26N4O4S/c1-26-16-13-24-22(26)17-31-19-11-9-18(10-12-19)23(28)25-20-7-3-4-8-21(20)32(29,30)27-14-5-2-6-15-27/h3-4,7-13,16H,2,5-6,14-15,17H2,1H3,(H,25,28). The molecule has 168 valence electrons. The number of imidazole rings is 1. The zero-order valence-electron chi connectivity index (χ0n) is 17.9. The van der Waals surface area contributed by atoms with Gasteiger partial charge in [-0.3, -0.25) is 4.79 Å². The number of carbonyl (C=O) groups is 1. The second-order valence-electron chi connectivity index (χ2n) is 7.68. The Balaban J connectivity index is 1.45. The van der Waals surface area contributed by atoms with Gasteiger partial charge in [0, 0.05) is 38.1 Å². The third kappa shape index (κ3) is 4.84. The lowest BCUT2D eigenvalue weighted by Crippen LogP contribution is -2.36. The third-order valence-corrected chi connectivity index (χ3v) is 7.43. The molecule has 0 radical (unpaired) electrons. The molecule has 8 nitrogen and oxygen atoms in total. The topological polar surface area (TPSA) is 93.5 Å². The second-order valence-corrected chi connectivity index (χ2v) is 9.59. The summed E-state index contributed by atoms with van der Waals surface area (Å²) in [7, 11) is -1.78. The van der Waals surface area contributed by atoms with Gasteiger partial charge in [0.15, 0.2) is 0 Å². The van der Waals surface area contributed by atoms with Crippen molar-refractivity contribution in [2.24, 2.45) is 7.05 Å². The molecule has 0 saturated carbocycles. The lowest BCUT2D eigenvalue weighted by Gasteiger charge is -2.26. The van der Waals surface area contributed by atoms with E-state index in [4.69, 9.17) is 4.74 Å². The predicted octanol–water partition coefficient (Wildman–Crippen LogP) is 3.43. The van der Waals surface area contributed by atoms with Gasteiger partial charge in [0.2, 0.25) is 10.0 Å². The van der Waals surface area contributed by atoms with Crippen LogP contribution in [0, 0.1) is 0 Å². The van der Waals surface area contributed by atoms with Gasteiger partial charge < -0.3 is 14.6 Å². The van der Waals surface area contributed by atoms with Gasteiger partial charge in [0.25, 0.3) is 5.91 Å². The number of nitrogens with zero attached hydrogens (tertiary/aromatic N) is 3. The van der Waals surface area contributed by atoms with E-state index < -0.39 is 10.0 Å². The maximum Gasteiger partial charge on any atom is 0.255 e. The highest BCUT2D eigenvalue weighted by molar-refractivity contribution is 7.89. The Morgan fingerprint density at radius 2 is 1.78 bits per heavy atom. The number of hydrogen-bond acceptors (Lipinski definition) is 5. The number of nitrogens with one attached hydrogen (secondary N) is 1. The van der Waals surface area contributed by atoms with Crippen molar-refractivity contribution >= 4 is 21.6 Å². The molecule has 4 rings (SSSR count). The first-order valence-electron chi connectivity index (χ1n) is 10.5. The molecular formula is C23H26N4O4S. The fraction of sp³-hybridized carbons (Fsp3) is 0.304. The van der Waals surface area contributed by atoms with Crippen LogP contribution in [0.5, 0.6) is 5.75 Å². The van der Waals surface area contributed by atoms with E-state index in [-0.39, 0.29) is 16.5 Å². The Hall–Kier alpha value is -3.17. The number of anilines is 1. The molecule has 1 N–H and O–H groups in total. The lowest BCUT2D eigenvalue weighted by atomic mass is 10.2. The predicted molar refractivity (Wildman–Crippen MR) is 121 cm³/mol. The number of para-hydroxylation sites is 1. The number of amides is 1. The Bertz CT molecular complexity index is 1180. The molecule has 0 aliphatic carbocycles. The normalized spacial score (nSPS) is 14.8. The monoisotopic (exact) mass is 454 g/mol. The minimum absolute atomic E-state index is 0.116. The molecule has 0 unspecified atom stereocenters. The van der Waals surface area contributed by atoms with E-state index >= 15 is 0 Å². The van der Waals surface area contributed by atoms with Gasteiger partial charge >= 0.3 is 0 Å². The molecule has 32 heavy (non-hydrogen) atoms. The van der Waals surface area contributed by atoms with Crippen LogP contribution in [0.15, 0.2) is 65.8 Å². The fourth-order valence-electron chi connectivity index (χ4n) is 3.62. The molecule has 1 fully saturated rings. The summed E-state index contributed by atoms with van der Waals surface area (Å²) in [6, 6.07) is 13.2. The second kappa shape index (κ2) is 9.54. The summed E-state index contributed by atoms with van der Waals surface area (Å²) in [6.45, 7) is 1.32. The molecule has 1 aliphatic rings. The largest absolute Gasteiger partial charge is 0.486 e. The molecule has 2 aromatic carbocycles. The Morgan fingerprint density at radius 1 is 1.06 bits per heavy atom. The summed E-state index contributed by atoms with van der Waals surface area (Å²) >= 11 is 0. The number of ether oxygens (including phenoxy) is 1. The SMILES string of the molecule is Cn1ccnc1COc1ccc(C(=O)Nc2ccccc2S(=O)(=O)N2CCCCC2)cc1. The molecule has 3 aromatic rings. The molecule has 9 heteroatoms. The fourth-order valence-corrected chi connectivity index (χ4v) is 5.28. The zero-order chi connectivity index (χ0) is 22.6. The highest BCUT2D eigenvalue weighted by Crippen LogP contribution is 2.27. The summed E-state index contributed by atoms with van der Waals surface area (Å²) in [5.74, 6) is 1.01. The molecule has 1 amide bonds. The van der Waals surface area contributed by atoms with E-state index in [1.807, 2.05) is 17.8 Å². The van der Waals surface area contributed by atoms with E-state index in [1.165, 1.54) is 10.4 Å². The van der Waals surface area contributed by atoms with Gasteiger partial charge in [-0.25, -0.2) is 13.4 Å². The molecule has 0 atom stereocenters. The van der Waals surface area contributed by atoms with Crippen molar-refractivity contribution in [1.29, 1.82) is 0 Å². The molecule has 2 heterocycles.